The Balaban J connectivity index is 1.60. The molecule has 0 aliphatic carbocycles. The summed E-state index contributed by atoms with van der Waals surface area (Å²) in [7, 11) is 0. The van der Waals surface area contributed by atoms with Crippen molar-refractivity contribution >= 4 is 23.2 Å². The average molecular weight is 353 g/mol. The zero-order valence-corrected chi connectivity index (χ0v) is 14.5. The second-order valence-corrected chi connectivity index (χ2v) is 5.80. The monoisotopic (exact) mass is 353 g/mol. The average Bonchev–Trinajstić information content (AvgIpc) is 2.65. The fourth-order valence-electron chi connectivity index (χ4n) is 2.42. The summed E-state index contributed by atoms with van der Waals surface area (Å²) < 4.78 is 11.2. The molecule has 2 aromatic rings. The van der Waals surface area contributed by atoms with Crippen molar-refractivity contribution in [3.8, 4) is 11.5 Å². The van der Waals surface area contributed by atoms with Gasteiger partial charge in [0.25, 0.3) is 5.91 Å². The molecule has 0 radical (unpaired) electrons. The normalized spacial score (nSPS) is 15.9. The lowest BCUT2D eigenvalue weighted by molar-refractivity contribution is -0.130. The molecule has 0 spiro atoms. The Morgan fingerprint density at radius 2 is 1.73 bits per heavy atom. The molecule has 0 saturated carbocycles. The molecule has 0 fully saturated rings. The highest BCUT2D eigenvalue weighted by Crippen LogP contribution is 2.30. The lowest BCUT2D eigenvalue weighted by atomic mass is 10.1. The molecular weight excluding hydrogens is 334 g/mol. The highest BCUT2D eigenvalue weighted by atomic mass is 16.6. The van der Waals surface area contributed by atoms with Crippen LogP contribution in [0.15, 0.2) is 53.6 Å². The van der Waals surface area contributed by atoms with Crippen LogP contribution in [0.1, 0.15) is 19.4 Å². The molecule has 26 heavy (non-hydrogen) atoms. The van der Waals surface area contributed by atoms with Gasteiger partial charge in [-0.2, -0.15) is 5.10 Å². The Morgan fingerprint density at radius 1 is 1.04 bits per heavy atom. The summed E-state index contributed by atoms with van der Waals surface area (Å²) >= 11 is 0. The van der Waals surface area contributed by atoms with E-state index in [1.165, 1.54) is 6.92 Å². The highest BCUT2D eigenvalue weighted by Gasteiger charge is 2.27. The number of hydrogen-bond donors (Lipinski definition) is 2. The number of fused-ring (bicyclic) bond motifs is 1. The van der Waals surface area contributed by atoms with Crippen molar-refractivity contribution in [1.82, 2.24) is 5.43 Å². The van der Waals surface area contributed by atoms with E-state index in [9.17, 15) is 9.59 Å². The van der Waals surface area contributed by atoms with Crippen molar-refractivity contribution in [2.75, 3.05) is 11.9 Å². The number of para-hydroxylation sites is 2. The van der Waals surface area contributed by atoms with Crippen LogP contribution in [-0.2, 0) is 9.59 Å². The van der Waals surface area contributed by atoms with E-state index in [2.05, 4.69) is 15.8 Å². The van der Waals surface area contributed by atoms with Crippen molar-refractivity contribution in [3.05, 3.63) is 54.1 Å². The van der Waals surface area contributed by atoms with Gasteiger partial charge in [0.2, 0.25) is 12.0 Å². The number of hydrazone groups is 1. The van der Waals surface area contributed by atoms with Gasteiger partial charge in [0.05, 0.1) is 5.71 Å². The van der Waals surface area contributed by atoms with Crippen LogP contribution in [0.5, 0.6) is 11.5 Å². The minimum atomic E-state index is -0.761. The van der Waals surface area contributed by atoms with Crippen molar-refractivity contribution < 1.29 is 19.1 Å². The smallest absolute Gasteiger partial charge is 0.284 e. The van der Waals surface area contributed by atoms with Gasteiger partial charge >= 0.3 is 0 Å². The highest BCUT2D eigenvalue weighted by molar-refractivity contribution is 6.00. The summed E-state index contributed by atoms with van der Waals surface area (Å²) in [4.78, 5) is 23.3. The summed E-state index contributed by atoms with van der Waals surface area (Å²) in [5.74, 6) is 0.643. The van der Waals surface area contributed by atoms with Crippen LogP contribution in [-0.4, -0.2) is 30.2 Å². The van der Waals surface area contributed by atoms with Gasteiger partial charge in [0.1, 0.15) is 6.61 Å². The Kier molecular flexibility index (Phi) is 5.17. The molecule has 0 aromatic heterocycles. The quantitative estimate of drug-likeness (QED) is 0.652. The van der Waals surface area contributed by atoms with E-state index in [0.29, 0.717) is 22.9 Å². The summed E-state index contributed by atoms with van der Waals surface area (Å²) in [6, 6.07) is 14.4. The Morgan fingerprint density at radius 3 is 2.42 bits per heavy atom. The molecule has 0 saturated heterocycles. The molecule has 0 bridgehead atoms. The molecule has 1 aliphatic rings. The predicted molar refractivity (Wildman–Crippen MR) is 97.5 cm³/mol. The summed E-state index contributed by atoms with van der Waals surface area (Å²) in [6.45, 7) is 3.36. The lowest BCUT2D eigenvalue weighted by Crippen LogP contribution is -2.42. The topological polar surface area (TPSA) is 89.0 Å². The standard InChI is InChI=1S/C19H19N3O4/c1-12(14-7-9-15(10-8-14)20-13(2)23)21-22-19(24)18-11-25-16-5-3-4-6-17(16)26-18/h3-10,18H,11H2,1-2H3,(H,20,23)(H,22,24)/b21-12-/t18-/m1/s1. The molecule has 7 nitrogen and oxygen atoms in total. The maximum absolute atomic E-state index is 12.2. The number of anilines is 1. The van der Waals surface area contributed by atoms with Crippen molar-refractivity contribution in [1.29, 1.82) is 0 Å². The van der Waals surface area contributed by atoms with E-state index in [0.717, 1.165) is 5.56 Å². The van der Waals surface area contributed by atoms with Gasteiger partial charge in [-0.1, -0.05) is 24.3 Å². The number of benzene rings is 2. The Labute approximate surface area is 151 Å². The number of ether oxygens (including phenoxy) is 2. The first kappa shape index (κ1) is 17.5. The van der Waals surface area contributed by atoms with Crippen molar-refractivity contribution in [2.45, 2.75) is 20.0 Å². The molecule has 2 amide bonds. The summed E-state index contributed by atoms with van der Waals surface area (Å²) in [6.07, 6.45) is -0.761. The second-order valence-electron chi connectivity index (χ2n) is 5.80. The predicted octanol–water partition coefficient (Wildman–Crippen LogP) is 2.33. The number of nitrogens with one attached hydrogen (secondary N) is 2. The van der Waals surface area contributed by atoms with Crippen molar-refractivity contribution in [3.63, 3.8) is 0 Å². The van der Waals surface area contributed by atoms with Gasteiger partial charge in [-0.05, 0) is 36.8 Å². The first-order valence-corrected chi connectivity index (χ1v) is 8.13. The lowest BCUT2D eigenvalue weighted by Gasteiger charge is -2.24. The van der Waals surface area contributed by atoms with Crippen LogP contribution >= 0.6 is 0 Å². The summed E-state index contributed by atoms with van der Waals surface area (Å²) in [5, 5.41) is 6.80. The maximum atomic E-state index is 12.2. The number of carbonyl (C=O) groups is 2. The van der Waals surface area contributed by atoms with Crippen LogP contribution in [0.25, 0.3) is 0 Å². The van der Waals surface area contributed by atoms with Gasteiger partial charge in [-0.25, -0.2) is 5.43 Å². The largest absolute Gasteiger partial charge is 0.485 e. The number of carbonyl (C=O) groups excluding carboxylic acids is 2. The molecular formula is C19H19N3O4. The first-order valence-electron chi connectivity index (χ1n) is 8.13. The van der Waals surface area contributed by atoms with Gasteiger partial charge in [0.15, 0.2) is 11.5 Å². The number of hydrogen-bond acceptors (Lipinski definition) is 5. The van der Waals surface area contributed by atoms with E-state index in [1.807, 2.05) is 24.3 Å². The van der Waals surface area contributed by atoms with Crippen LogP contribution in [0, 0.1) is 0 Å². The molecule has 1 heterocycles. The third-order valence-corrected chi connectivity index (χ3v) is 3.76. The minimum Gasteiger partial charge on any atom is -0.485 e. The van der Waals surface area contributed by atoms with Crippen LogP contribution < -0.4 is 20.2 Å². The third kappa shape index (κ3) is 4.18. The van der Waals surface area contributed by atoms with Gasteiger partial charge < -0.3 is 14.8 Å². The fourth-order valence-corrected chi connectivity index (χ4v) is 2.42. The van der Waals surface area contributed by atoms with E-state index in [-0.39, 0.29) is 18.4 Å². The van der Waals surface area contributed by atoms with E-state index in [4.69, 9.17) is 9.47 Å². The Bertz CT molecular complexity index is 846. The fraction of sp³-hybridized carbons (Fsp3) is 0.211. The number of nitrogens with zero attached hydrogens (tertiary/aromatic N) is 1. The number of rotatable bonds is 4. The van der Waals surface area contributed by atoms with Crippen LogP contribution in [0.3, 0.4) is 0 Å². The van der Waals surface area contributed by atoms with Gasteiger partial charge in [0, 0.05) is 12.6 Å². The third-order valence-electron chi connectivity index (χ3n) is 3.76. The minimum absolute atomic E-state index is 0.128. The van der Waals surface area contributed by atoms with E-state index >= 15 is 0 Å². The zero-order valence-electron chi connectivity index (χ0n) is 14.5. The second kappa shape index (κ2) is 7.69. The molecule has 7 heteroatoms. The molecule has 1 aliphatic heterocycles. The molecule has 134 valence electrons. The van der Waals surface area contributed by atoms with Crippen LogP contribution in [0.4, 0.5) is 5.69 Å². The molecule has 3 rings (SSSR count). The molecule has 1 atom stereocenters. The SMILES string of the molecule is CC(=O)Nc1ccc(/C(C)=N\NC(=O)[C@H]2COc3ccccc3O2)cc1. The van der Waals surface area contributed by atoms with E-state index < -0.39 is 6.10 Å². The maximum Gasteiger partial charge on any atom is 0.284 e. The van der Waals surface area contributed by atoms with Crippen LogP contribution in [0.2, 0.25) is 0 Å². The zero-order chi connectivity index (χ0) is 18.5. The van der Waals surface area contributed by atoms with Gasteiger partial charge in [-0.15, -0.1) is 0 Å². The number of amides is 2. The molecule has 2 aromatic carbocycles. The molecule has 0 unspecified atom stereocenters. The van der Waals surface area contributed by atoms with Gasteiger partial charge in [-0.3, -0.25) is 9.59 Å². The first-order chi connectivity index (χ1) is 12.5. The summed E-state index contributed by atoms with van der Waals surface area (Å²) in [5.41, 5.74) is 4.66. The Hall–Kier alpha value is -3.35. The van der Waals surface area contributed by atoms with E-state index in [1.54, 1.807) is 31.2 Å². The van der Waals surface area contributed by atoms with Crippen molar-refractivity contribution in [2.24, 2.45) is 5.10 Å². The molecule has 2 N–H and O–H groups in total.